The van der Waals surface area contributed by atoms with E-state index in [-0.39, 0.29) is 18.2 Å². The van der Waals surface area contributed by atoms with E-state index >= 15 is 0 Å². The van der Waals surface area contributed by atoms with Gasteiger partial charge in [0.25, 0.3) is 0 Å². The number of hydrogen-bond donors (Lipinski definition) is 0. The Morgan fingerprint density at radius 2 is 1.43 bits per heavy atom. The van der Waals surface area contributed by atoms with Crippen LogP contribution < -0.4 is 0 Å². The Balaban J connectivity index is 1.64. The Kier molecular flexibility index (Phi) is 5.54. The number of ether oxygens (including phenoxy) is 1. The molecule has 0 N–H and O–H groups in total. The molecule has 2 aromatic carbocycles. The van der Waals surface area contributed by atoms with E-state index in [9.17, 15) is 14.4 Å². The highest BCUT2D eigenvalue weighted by Gasteiger charge is 2.17. The van der Waals surface area contributed by atoms with Crippen LogP contribution in [0.25, 0.3) is 0 Å². The topological polar surface area (TPSA) is 65.4 Å². The molecule has 0 bridgehead atoms. The van der Waals surface area contributed by atoms with Crippen molar-refractivity contribution < 1.29 is 19.1 Å². The first kappa shape index (κ1) is 19.3. The van der Waals surface area contributed by atoms with Crippen molar-refractivity contribution in [3.05, 3.63) is 94.3 Å². The van der Waals surface area contributed by atoms with Gasteiger partial charge in [-0.1, -0.05) is 42.5 Å². The van der Waals surface area contributed by atoms with Crippen LogP contribution in [0.5, 0.6) is 0 Å². The molecule has 0 aliphatic heterocycles. The summed E-state index contributed by atoms with van der Waals surface area (Å²) in [6.45, 7) is 3.44. The third-order valence-corrected chi connectivity index (χ3v) is 4.83. The molecule has 142 valence electrons. The quantitative estimate of drug-likeness (QED) is 0.484. The number of benzene rings is 2. The minimum atomic E-state index is -0.600. The van der Waals surface area contributed by atoms with Crippen LogP contribution in [0.1, 0.15) is 48.0 Å². The Labute approximate surface area is 163 Å². The molecule has 1 aromatic heterocycles. The van der Waals surface area contributed by atoms with E-state index in [0.717, 1.165) is 11.4 Å². The zero-order chi connectivity index (χ0) is 20.3. The number of nitrogens with zero attached hydrogens (tertiary/aromatic N) is 1. The Hall–Kier alpha value is -3.47. The number of carbonyl (C=O) groups excluding carboxylic acids is 3. The summed E-state index contributed by atoms with van der Waals surface area (Å²) in [5, 5.41) is 0. The molecule has 0 atom stereocenters. The van der Waals surface area contributed by atoms with E-state index in [1.165, 1.54) is 12.1 Å². The second-order valence-electron chi connectivity index (χ2n) is 6.62. The third-order valence-electron chi connectivity index (χ3n) is 4.83. The highest BCUT2D eigenvalue weighted by molar-refractivity contribution is 6.09. The number of carbonyl (C=O) groups is 3. The molecule has 0 radical (unpaired) electrons. The minimum absolute atomic E-state index is 0.120. The van der Waals surface area contributed by atoms with Gasteiger partial charge in [-0.2, -0.15) is 0 Å². The number of hydrogen-bond acceptors (Lipinski definition) is 4. The zero-order valence-electron chi connectivity index (χ0n) is 16.1. The van der Waals surface area contributed by atoms with Crippen molar-refractivity contribution in [3.63, 3.8) is 0 Å². The van der Waals surface area contributed by atoms with Gasteiger partial charge in [-0.3, -0.25) is 9.59 Å². The molecule has 0 unspecified atom stereocenters. The lowest BCUT2D eigenvalue weighted by atomic mass is 10.0. The molecule has 28 heavy (non-hydrogen) atoms. The van der Waals surface area contributed by atoms with Gasteiger partial charge in [0.2, 0.25) is 5.78 Å². The van der Waals surface area contributed by atoms with E-state index in [2.05, 4.69) is 0 Å². The van der Waals surface area contributed by atoms with Gasteiger partial charge in [-0.15, -0.1) is 0 Å². The van der Waals surface area contributed by atoms with Gasteiger partial charge in [0.1, 0.15) is 0 Å². The largest absolute Gasteiger partial charge is 0.454 e. The van der Waals surface area contributed by atoms with Gasteiger partial charge in [0, 0.05) is 35.1 Å². The van der Waals surface area contributed by atoms with Gasteiger partial charge in [0.05, 0.1) is 5.56 Å². The highest BCUT2D eigenvalue weighted by Crippen LogP contribution is 2.15. The van der Waals surface area contributed by atoms with Crippen molar-refractivity contribution in [2.75, 3.05) is 6.61 Å². The predicted octanol–water partition coefficient (Wildman–Crippen LogP) is 3.91. The highest BCUT2D eigenvalue weighted by atomic mass is 16.5. The summed E-state index contributed by atoms with van der Waals surface area (Å²) in [6.07, 6.45) is 0. The molecule has 0 aliphatic carbocycles. The summed E-state index contributed by atoms with van der Waals surface area (Å²) in [5.41, 5.74) is 3.70. The van der Waals surface area contributed by atoms with Crippen molar-refractivity contribution >= 4 is 17.5 Å². The summed E-state index contributed by atoms with van der Waals surface area (Å²) in [4.78, 5) is 37.0. The maximum Gasteiger partial charge on any atom is 0.338 e. The molecule has 0 aliphatic rings. The molecule has 0 fully saturated rings. The van der Waals surface area contributed by atoms with Gasteiger partial charge in [0.15, 0.2) is 12.4 Å². The van der Waals surface area contributed by atoms with Gasteiger partial charge < -0.3 is 9.30 Å². The number of rotatable bonds is 6. The zero-order valence-corrected chi connectivity index (χ0v) is 16.1. The van der Waals surface area contributed by atoms with Crippen LogP contribution in [-0.2, 0) is 11.8 Å². The Morgan fingerprint density at radius 3 is 2.00 bits per heavy atom. The molecular weight excluding hydrogens is 354 g/mol. The second kappa shape index (κ2) is 8.05. The molecule has 0 saturated carbocycles. The average Bonchev–Trinajstić information content (AvgIpc) is 2.99. The molecule has 0 saturated heterocycles. The van der Waals surface area contributed by atoms with Crippen LogP contribution in [0.2, 0.25) is 0 Å². The summed E-state index contributed by atoms with van der Waals surface area (Å²) < 4.78 is 7.06. The van der Waals surface area contributed by atoms with Crippen molar-refractivity contribution in [2.45, 2.75) is 13.8 Å². The van der Waals surface area contributed by atoms with Crippen molar-refractivity contribution in [1.29, 1.82) is 0 Å². The van der Waals surface area contributed by atoms with Crippen LogP contribution in [0.3, 0.4) is 0 Å². The smallest absolute Gasteiger partial charge is 0.338 e. The fraction of sp³-hybridized carbons (Fsp3) is 0.174. The summed E-state index contributed by atoms with van der Waals surface area (Å²) >= 11 is 0. The molecular formula is C23H21NO4. The van der Waals surface area contributed by atoms with Crippen LogP contribution >= 0.6 is 0 Å². The molecule has 0 spiro atoms. The number of ketones is 2. The van der Waals surface area contributed by atoms with Crippen LogP contribution in [0.4, 0.5) is 0 Å². The number of Topliss-reactive ketones (excluding diaryl/α,β-unsaturated/α-hetero) is 1. The van der Waals surface area contributed by atoms with E-state index in [4.69, 9.17) is 4.74 Å². The van der Waals surface area contributed by atoms with Crippen molar-refractivity contribution in [3.8, 4) is 0 Å². The van der Waals surface area contributed by atoms with Gasteiger partial charge in [-0.05, 0) is 32.0 Å². The number of esters is 1. The maximum atomic E-state index is 12.4. The number of aryl methyl sites for hydroxylation is 1. The van der Waals surface area contributed by atoms with E-state index in [1.54, 1.807) is 42.5 Å². The fourth-order valence-electron chi connectivity index (χ4n) is 2.94. The average molecular weight is 375 g/mol. The van der Waals surface area contributed by atoms with E-state index in [1.807, 2.05) is 31.5 Å². The first-order valence-corrected chi connectivity index (χ1v) is 8.91. The monoisotopic (exact) mass is 375 g/mol. The summed E-state index contributed by atoms with van der Waals surface area (Å²) in [6, 6.07) is 16.9. The lowest BCUT2D eigenvalue weighted by Crippen LogP contribution is -2.15. The first-order chi connectivity index (χ1) is 13.4. The lowest BCUT2D eigenvalue weighted by Gasteiger charge is -2.06. The Bertz CT molecular complexity index is 1030. The van der Waals surface area contributed by atoms with Crippen LogP contribution in [-0.4, -0.2) is 28.7 Å². The normalized spacial score (nSPS) is 10.5. The van der Waals surface area contributed by atoms with Crippen molar-refractivity contribution in [2.24, 2.45) is 7.05 Å². The maximum absolute atomic E-state index is 12.4. The molecule has 5 nitrogen and oxygen atoms in total. The standard InChI is InChI=1S/C23H21NO4/c1-15-13-20(16(2)24(15)3)21(25)14-28-23(27)19-11-9-18(10-12-19)22(26)17-7-5-4-6-8-17/h4-13H,14H2,1-3H3. The number of aromatic nitrogens is 1. The predicted molar refractivity (Wildman–Crippen MR) is 106 cm³/mol. The first-order valence-electron chi connectivity index (χ1n) is 8.91. The fourth-order valence-corrected chi connectivity index (χ4v) is 2.94. The summed E-state index contributed by atoms with van der Waals surface area (Å²) in [7, 11) is 1.88. The molecule has 0 amide bonds. The molecule has 3 aromatic rings. The third kappa shape index (κ3) is 3.93. The molecule has 3 rings (SSSR count). The van der Waals surface area contributed by atoms with Crippen LogP contribution in [0, 0.1) is 13.8 Å². The van der Waals surface area contributed by atoms with Gasteiger partial charge >= 0.3 is 5.97 Å². The summed E-state index contributed by atoms with van der Waals surface area (Å²) in [5.74, 6) is -0.964. The minimum Gasteiger partial charge on any atom is -0.454 e. The SMILES string of the molecule is Cc1cc(C(=O)COC(=O)c2ccc(C(=O)c3ccccc3)cc2)c(C)n1C. The molecule has 5 heteroatoms. The molecule has 1 heterocycles. The van der Waals surface area contributed by atoms with E-state index in [0.29, 0.717) is 22.3 Å². The Morgan fingerprint density at radius 1 is 0.857 bits per heavy atom. The second-order valence-corrected chi connectivity index (χ2v) is 6.62. The van der Waals surface area contributed by atoms with Crippen molar-refractivity contribution in [1.82, 2.24) is 4.57 Å². The lowest BCUT2D eigenvalue weighted by molar-refractivity contribution is 0.0474. The van der Waals surface area contributed by atoms with Gasteiger partial charge in [-0.25, -0.2) is 4.79 Å². The van der Waals surface area contributed by atoms with Crippen LogP contribution in [0.15, 0.2) is 60.7 Å². The van der Waals surface area contributed by atoms with E-state index < -0.39 is 5.97 Å².